The maximum Gasteiger partial charge on any atom is 0.228 e. The standard InChI is InChI=1S/C23H26N2O2/c1-23-13-12-22(27)25(2)20(23)11-8-17-15-18(9-10-19(17)23)24-21(26)14-16-6-4-3-5-7-16/h3-7,9-10,15,20H,8,11-14H2,1-2H3,(H,24,26)/t20-,23-/m1/s1. The number of likely N-dealkylation sites (tertiary alicyclic amines) is 1. The molecule has 2 atom stereocenters. The van der Waals surface area contributed by atoms with Crippen LogP contribution in [0.2, 0.25) is 0 Å². The van der Waals surface area contributed by atoms with Gasteiger partial charge in [-0.3, -0.25) is 9.59 Å². The van der Waals surface area contributed by atoms with Gasteiger partial charge in [0.15, 0.2) is 0 Å². The molecule has 0 spiro atoms. The van der Waals surface area contributed by atoms with Crippen LogP contribution in [0.15, 0.2) is 48.5 Å². The van der Waals surface area contributed by atoms with Crippen LogP contribution in [0, 0.1) is 0 Å². The molecular formula is C23H26N2O2. The van der Waals surface area contributed by atoms with Gasteiger partial charge in [0.2, 0.25) is 11.8 Å². The van der Waals surface area contributed by atoms with E-state index in [9.17, 15) is 9.59 Å². The molecule has 2 aliphatic rings. The third kappa shape index (κ3) is 3.25. The molecule has 4 rings (SSSR count). The van der Waals surface area contributed by atoms with Gasteiger partial charge in [-0.1, -0.05) is 43.3 Å². The van der Waals surface area contributed by atoms with Gasteiger partial charge in [0, 0.05) is 30.6 Å². The molecule has 4 nitrogen and oxygen atoms in total. The molecule has 1 aliphatic carbocycles. The topological polar surface area (TPSA) is 49.4 Å². The Kier molecular flexibility index (Phi) is 4.50. The fraction of sp³-hybridized carbons (Fsp3) is 0.391. The minimum absolute atomic E-state index is 0.00280. The molecule has 0 saturated carbocycles. The molecule has 1 fully saturated rings. The van der Waals surface area contributed by atoms with E-state index in [2.05, 4.69) is 24.4 Å². The van der Waals surface area contributed by atoms with E-state index in [1.807, 2.05) is 48.3 Å². The fourth-order valence-electron chi connectivity index (χ4n) is 4.85. The number of nitrogens with one attached hydrogen (secondary N) is 1. The average Bonchev–Trinajstić information content (AvgIpc) is 2.66. The van der Waals surface area contributed by atoms with Gasteiger partial charge < -0.3 is 10.2 Å². The number of aryl methyl sites for hydroxylation is 1. The Morgan fingerprint density at radius 3 is 2.74 bits per heavy atom. The third-order valence-corrected chi connectivity index (χ3v) is 6.35. The molecule has 1 N–H and O–H groups in total. The van der Waals surface area contributed by atoms with Gasteiger partial charge in [-0.05, 0) is 48.1 Å². The molecule has 0 aromatic heterocycles. The van der Waals surface area contributed by atoms with E-state index in [1.165, 1.54) is 11.1 Å². The van der Waals surface area contributed by atoms with Crippen LogP contribution < -0.4 is 5.32 Å². The lowest BCUT2D eigenvalue weighted by Gasteiger charge is -2.50. The number of carbonyl (C=O) groups is 2. The molecule has 140 valence electrons. The number of amides is 2. The molecule has 2 amide bonds. The van der Waals surface area contributed by atoms with E-state index in [0.29, 0.717) is 12.8 Å². The van der Waals surface area contributed by atoms with Crippen molar-refractivity contribution < 1.29 is 9.59 Å². The SMILES string of the molecule is CN1C(=O)CC[C@]2(C)c3ccc(NC(=O)Cc4ccccc4)cc3CC[C@@H]12. The summed E-state index contributed by atoms with van der Waals surface area (Å²) in [5.41, 5.74) is 4.51. The second-order valence-electron chi connectivity index (χ2n) is 8.06. The van der Waals surface area contributed by atoms with Gasteiger partial charge in [0.05, 0.1) is 6.42 Å². The first-order valence-electron chi connectivity index (χ1n) is 9.70. The van der Waals surface area contributed by atoms with Crippen molar-refractivity contribution in [2.75, 3.05) is 12.4 Å². The summed E-state index contributed by atoms with van der Waals surface area (Å²) in [5.74, 6) is 0.259. The lowest BCUT2D eigenvalue weighted by atomic mass is 9.63. The Morgan fingerprint density at radius 1 is 1.19 bits per heavy atom. The van der Waals surface area contributed by atoms with Crippen molar-refractivity contribution in [2.24, 2.45) is 0 Å². The highest BCUT2D eigenvalue weighted by atomic mass is 16.2. The highest BCUT2D eigenvalue weighted by molar-refractivity contribution is 5.92. The number of piperidine rings is 1. The third-order valence-electron chi connectivity index (χ3n) is 6.35. The Morgan fingerprint density at radius 2 is 1.96 bits per heavy atom. The van der Waals surface area contributed by atoms with Crippen LogP contribution in [0.4, 0.5) is 5.69 Å². The Balaban J connectivity index is 1.53. The molecule has 0 unspecified atom stereocenters. The second-order valence-corrected chi connectivity index (χ2v) is 8.06. The number of hydrogen-bond acceptors (Lipinski definition) is 2. The number of fused-ring (bicyclic) bond motifs is 3. The number of nitrogens with zero attached hydrogens (tertiary/aromatic N) is 1. The minimum atomic E-state index is 0.00280. The number of anilines is 1. The summed E-state index contributed by atoms with van der Waals surface area (Å²) in [7, 11) is 1.94. The summed E-state index contributed by atoms with van der Waals surface area (Å²) < 4.78 is 0. The first-order chi connectivity index (χ1) is 13.0. The largest absolute Gasteiger partial charge is 0.342 e. The molecule has 0 radical (unpaired) electrons. The zero-order chi connectivity index (χ0) is 19.0. The summed E-state index contributed by atoms with van der Waals surface area (Å²) in [5, 5.41) is 3.04. The maximum atomic E-state index is 12.4. The van der Waals surface area contributed by atoms with Gasteiger partial charge in [-0.15, -0.1) is 0 Å². The lowest BCUT2D eigenvalue weighted by Crippen LogP contribution is -2.56. The van der Waals surface area contributed by atoms with Gasteiger partial charge in [-0.2, -0.15) is 0 Å². The normalized spacial score (nSPS) is 24.1. The number of benzene rings is 2. The van der Waals surface area contributed by atoms with Crippen molar-refractivity contribution in [3.8, 4) is 0 Å². The van der Waals surface area contributed by atoms with Gasteiger partial charge in [-0.25, -0.2) is 0 Å². The quantitative estimate of drug-likeness (QED) is 0.905. The zero-order valence-corrected chi connectivity index (χ0v) is 16.0. The molecular weight excluding hydrogens is 336 g/mol. The summed E-state index contributed by atoms with van der Waals surface area (Å²) >= 11 is 0. The molecule has 27 heavy (non-hydrogen) atoms. The Hall–Kier alpha value is -2.62. The van der Waals surface area contributed by atoms with Crippen LogP contribution in [0.5, 0.6) is 0 Å². The molecule has 2 aromatic carbocycles. The van der Waals surface area contributed by atoms with Gasteiger partial charge in [0.25, 0.3) is 0 Å². The Bertz CT molecular complexity index is 877. The molecule has 4 heteroatoms. The van der Waals surface area contributed by atoms with Crippen molar-refractivity contribution in [3.05, 3.63) is 65.2 Å². The lowest BCUT2D eigenvalue weighted by molar-refractivity contribution is -0.138. The highest BCUT2D eigenvalue weighted by Crippen LogP contribution is 2.46. The van der Waals surface area contributed by atoms with Crippen LogP contribution in [-0.2, 0) is 27.8 Å². The van der Waals surface area contributed by atoms with E-state index in [0.717, 1.165) is 30.5 Å². The van der Waals surface area contributed by atoms with Crippen LogP contribution >= 0.6 is 0 Å². The molecule has 2 aromatic rings. The first-order valence-corrected chi connectivity index (χ1v) is 9.70. The predicted molar refractivity (Wildman–Crippen MR) is 107 cm³/mol. The van der Waals surface area contributed by atoms with Crippen LogP contribution in [0.1, 0.15) is 42.9 Å². The smallest absolute Gasteiger partial charge is 0.228 e. The van der Waals surface area contributed by atoms with Crippen molar-refractivity contribution >= 4 is 17.5 Å². The number of likely N-dealkylation sites (N-methyl/N-ethyl adjacent to an activating group) is 1. The van der Waals surface area contributed by atoms with Crippen molar-refractivity contribution in [1.29, 1.82) is 0 Å². The summed E-state index contributed by atoms with van der Waals surface area (Å²) in [6.07, 6.45) is 3.80. The minimum Gasteiger partial charge on any atom is -0.342 e. The predicted octanol–water partition coefficient (Wildman–Crippen LogP) is 3.69. The number of rotatable bonds is 3. The van der Waals surface area contributed by atoms with Gasteiger partial charge >= 0.3 is 0 Å². The van der Waals surface area contributed by atoms with Crippen molar-refractivity contribution in [2.45, 2.75) is 50.5 Å². The molecule has 1 heterocycles. The van der Waals surface area contributed by atoms with E-state index < -0.39 is 0 Å². The monoisotopic (exact) mass is 362 g/mol. The molecule has 0 bridgehead atoms. The van der Waals surface area contributed by atoms with E-state index in [1.54, 1.807) is 0 Å². The van der Waals surface area contributed by atoms with E-state index in [-0.39, 0.29) is 23.3 Å². The number of carbonyl (C=O) groups excluding carboxylic acids is 2. The summed E-state index contributed by atoms with van der Waals surface area (Å²) in [6, 6.07) is 16.3. The average molecular weight is 362 g/mol. The second kappa shape index (κ2) is 6.84. The van der Waals surface area contributed by atoms with Gasteiger partial charge in [0.1, 0.15) is 0 Å². The highest BCUT2D eigenvalue weighted by Gasteiger charge is 2.46. The van der Waals surface area contributed by atoms with Crippen molar-refractivity contribution in [3.63, 3.8) is 0 Å². The van der Waals surface area contributed by atoms with Crippen LogP contribution in [0.3, 0.4) is 0 Å². The Labute approximate surface area is 160 Å². The van der Waals surface area contributed by atoms with Crippen LogP contribution in [-0.4, -0.2) is 29.8 Å². The molecule has 1 saturated heterocycles. The van der Waals surface area contributed by atoms with E-state index in [4.69, 9.17) is 0 Å². The zero-order valence-electron chi connectivity index (χ0n) is 16.0. The van der Waals surface area contributed by atoms with E-state index >= 15 is 0 Å². The van der Waals surface area contributed by atoms with Crippen molar-refractivity contribution in [1.82, 2.24) is 4.90 Å². The maximum absolute atomic E-state index is 12.4. The summed E-state index contributed by atoms with van der Waals surface area (Å²) in [6.45, 7) is 2.28. The number of hydrogen-bond donors (Lipinski definition) is 1. The fourth-order valence-corrected chi connectivity index (χ4v) is 4.85. The molecule has 1 aliphatic heterocycles. The first kappa shape index (κ1) is 17.8. The summed E-state index contributed by atoms with van der Waals surface area (Å²) in [4.78, 5) is 26.4. The van der Waals surface area contributed by atoms with Crippen LogP contribution in [0.25, 0.3) is 0 Å².